The maximum Gasteiger partial charge on any atom is 0.183 e. The molecule has 0 aromatic carbocycles. The van der Waals surface area contributed by atoms with Crippen LogP contribution in [0.5, 0.6) is 0 Å². The first-order valence-electron chi connectivity index (χ1n) is 6.14. The average Bonchev–Trinajstić information content (AvgIpc) is 2.56. The first-order valence-corrected chi connectivity index (χ1v) is 7.33. The van der Waals surface area contributed by atoms with E-state index in [1.165, 1.54) is 43.5 Å². The summed E-state index contributed by atoms with van der Waals surface area (Å²) in [6.07, 6.45) is 8.64. The molecule has 1 aliphatic heterocycles. The molecule has 1 aromatic rings. The van der Waals surface area contributed by atoms with Gasteiger partial charge in [0.05, 0.1) is 0 Å². The van der Waals surface area contributed by atoms with Gasteiger partial charge in [-0.3, -0.25) is 4.90 Å². The van der Waals surface area contributed by atoms with Crippen LogP contribution in [0.2, 0.25) is 4.47 Å². The van der Waals surface area contributed by atoms with Crippen molar-refractivity contribution in [3.63, 3.8) is 0 Å². The van der Waals surface area contributed by atoms with E-state index in [2.05, 4.69) is 16.8 Å². The molecule has 1 unspecified atom stereocenters. The van der Waals surface area contributed by atoms with Gasteiger partial charge in [0.2, 0.25) is 0 Å². The van der Waals surface area contributed by atoms with Gasteiger partial charge in [-0.1, -0.05) is 31.4 Å². The number of hydrogen-bond donors (Lipinski definition) is 0. The van der Waals surface area contributed by atoms with E-state index in [0.717, 1.165) is 12.6 Å². The molecule has 2 rings (SSSR count). The summed E-state index contributed by atoms with van der Waals surface area (Å²) in [6.45, 7) is 4.56. The van der Waals surface area contributed by atoms with E-state index in [-0.39, 0.29) is 0 Å². The highest BCUT2D eigenvalue weighted by molar-refractivity contribution is 7.15. The number of nitrogens with zero attached hydrogens (tertiary/aromatic N) is 2. The molecule has 16 heavy (non-hydrogen) atoms. The Hall–Kier alpha value is -0.120. The van der Waals surface area contributed by atoms with Crippen molar-refractivity contribution in [3.8, 4) is 0 Å². The quantitative estimate of drug-likeness (QED) is 0.816. The van der Waals surface area contributed by atoms with Crippen molar-refractivity contribution in [2.24, 2.45) is 0 Å². The molecule has 0 radical (unpaired) electrons. The molecule has 4 heteroatoms. The highest BCUT2D eigenvalue weighted by atomic mass is 35.5. The molecule has 1 fully saturated rings. The van der Waals surface area contributed by atoms with Crippen molar-refractivity contribution < 1.29 is 0 Å². The Morgan fingerprint density at radius 1 is 1.50 bits per heavy atom. The van der Waals surface area contributed by atoms with Crippen molar-refractivity contribution in [2.45, 2.75) is 51.6 Å². The van der Waals surface area contributed by atoms with Crippen LogP contribution in [0.25, 0.3) is 0 Å². The van der Waals surface area contributed by atoms with Gasteiger partial charge in [0.1, 0.15) is 0 Å². The highest BCUT2D eigenvalue weighted by Gasteiger charge is 2.19. The molecule has 0 aliphatic carbocycles. The molecule has 1 atom stereocenters. The van der Waals surface area contributed by atoms with Crippen LogP contribution >= 0.6 is 22.9 Å². The van der Waals surface area contributed by atoms with Crippen molar-refractivity contribution in [1.82, 2.24) is 9.88 Å². The number of likely N-dealkylation sites (tertiary alicyclic amines) is 1. The normalized spacial score (nSPS) is 23.2. The van der Waals surface area contributed by atoms with Crippen molar-refractivity contribution >= 4 is 22.9 Å². The van der Waals surface area contributed by atoms with Crippen LogP contribution in [0.15, 0.2) is 6.20 Å². The molecule has 0 N–H and O–H groups in total. The predicted octanol–water partition coefficient (Wildman–Crippen LogP) is 3.95. The lowest BCUT2D eigenvalue weighted by molar-refractivity contribution is 0.187. The number of hydrogen-bond acceptors (Lipinski definition) is 3. The van der Waals surface area contributed by atoms with Gasteiger partial charge in [-0.2, -0.15) is 0 Å². The Labute approximate surface area is 107 Å². The lowest BCUT2D eigenvalue weighted by Gasteiger charge is -2.28. The minimum atomic E-state index is 0.665. The summed E-state index contributed by atoms with van der Waals surface area (Å²) in [5.41, 5.74) is 0. The monoisotopic (exact) mass is 258 g/mol. The molecule has 90 valence electrons. The largest absolute Gasteiger partial charge is 0.295 e. The Balaban J connectivity index is 1.99. The summed E-state index contributed by atoms with van der Waals surface area (Å²) in [5, 5.41) is 0. The summed E-state index contributed by atoms with van der Waals surface area (Å²) in [6, 6.07) is 0.753. The molecule has 1 saturated heterocycles. The van der Waals surface area contributed by atoms with Crippen molar-refractivity contribution in [1.29, 1.82) is 0 Å². The zero-order valence-corrected chi connectivity index (χ0v) is 11.4. The average molecular weight is 259 g/mol. The van der Waals surface area contributed by atoms with Crippen molar-refractivity contribution in [3.05, 3.63) is 15.5 Å². The molecule has 0 bridgehead atoms. The van der Waals surface area contributed by atoms with Crippen LogP contribution in [0.1, 0.15) is 43.9 Å². The van der Waals surface area contributed by atoms with Gasteiger partial charge in [-0.05, 0) is 25.8 Å². The first-order chi connectivity index (χ1) is 7.79. The maximum absolute atomic E-state index is 5.87. The Bertz CT molecular complexity index is 327. The van der Waals surface area contributed by atoms with E-state index >= 15 is 0 Å². The van der Waals surface area contributed by atoms with Gasteiger partial charge in [0.25, 0.3) is 0 Å². The van der Waals surface area contributed by atoms with Crippen LogP contribution in [-0.2, 0) is 6.54 Å². The summed E-state index contributed by atoms with van der Waals surface area (Å²) in [5.74, 6) is 0. The summed E-state index contributed by atoms with van der Waals surface area (Å²) >= 11 is 7.48. The van der Waals surface area contributed by atoms with E-state index in [0.29, 0.717) is 4.47 Å². The fourth-order valence-electron chi connectivity index (χ4n) is 2.46. The second-order valence-corrected chi connectivity index (χ2v) is 6.16. The van der Waals surface area contributed by atoms with E-state index in [9.17, 15) is 0 Å². The number of halogens is 1. The molecular weight excluding hydrogens is 240 g/mol. The number of rotatable bonds is 3. The summed E-state index contributed by atoms with van der Waals surface area (Å²) < 4.78 is 0.665. The maximum atomic E-state index is 5.87. The van der Waals surface area contributed by atoms with E-state index in [1.807, 2.05) is 6.20 Å². The third-order valence-corrected chi connectivity index (χ3v) is 4.45. The Morgan fingerprint density at radius 2 is 2.38 bits per heavy atom. The predicted molar refractivity (Wildman–Crippen MR) is 70.1 cm³/mol. The minimum Gasteiger partial charge on any atom is -0.295 e. The third-order valence-electron chi connectivity index (χ3n) is 3.35. The lowest BCUT2D eigenvalue weighted by Crippen LogP contribution is -2.33. The molecular formula is C12H19ClN2S. The SMILES string of the molecule is CCC1CCCCCN1Cc1cnc(Cl)s1. The van der Waals surface area contributed by atoms with E-state index < -0.39 is 0 Å². The van der Waals surface area contributed by atoms with Gasteiger partial charge in [0, 0.05) is 23.7 Å². The van der Waals surface area contributed by atoms with Gasteiger partial charge in [-0.25, -0.2) is 4.98 Å². The Morgan fingerprint density at radius 3 is 3.06 bits per heavy atom. The zero-order valence-electron chi connectivity index (χ0n) is 9.79. The molecule has 2 heterocycles. The van der Waals surface area contributed by atoms with Crippen LogP contribution in [-0.4, -0.2) is 22.5 Å². The van der Waals surface area contributed by atoms with Gasteiger partial charge in [-0.15, -0.1) is 11.3 Å². The summed E-state index contributed by atoms with van der Waals surface area (Å²) in [7, 11) is 0. The van der Waals surface area contributed by atoms with Crippen molar-refractivity contribution in [2.75, 3.05) is 6.54 Å². The van der Waals surface area contributed by atoms with Gasteiger partial charge < -0.3 is 0 Å². The number of thiazole rings is 1. The highest BCUT2D eigenvalue weighted by Crippen LogP contribution is 2.24. The second kappa shape index (κ2) is 5.99. The van der Waals surface area contributed by atoms with Crippen LogP contribution < -0.4 is 0 Å². The van der Waals surface area contributed by atoms with Crippen LogP contribution in [0.3, 0.4) is 0 Å². The topological polar surface area (TPSA) is 16.1 Å². The fraction of sp³-hybridized carbons (Fsp3) is 0.750. The van der Waals surface area contributed by atoms with E-state index in [1.54, 1.807) is 11.3 Å². The minimum absolute atomic E-state index is 0.665. The van der Waals surface area contributed by atoms with Crippen LogP contribution in [0, 0.1) is 0 Å². The molecule has 1 aromatic heterocycles. The molecule has 0 saturated carbocycles. The lowest BCUT2D eigenvalue weighted by atomic mass is 10.1. The molecule has 2 nitrogen and oxygen atoms in total. The van der Waals surface area contributed by atoms with Gasteiger partial charge >= 0.3 is 0 Å². The molecule has 1 aliphatic rings. The smallest absolute Gasteiger partial charge is 0.183 e. The molecule has 0 amide bonds. The fourth-order valence-corrected chi connectivity index (χ4v) is 3.47. The standard InChI is InChI=1S/C12H19ClN2S/c1-2-10-6-4-3-5-7-15(10)9-11-8-14-12(13)16-11/h8,10H,2-7,9H2,1H3. The second-order valence-electron chi connectivity index (χ2n) is 4.46. The number of aromatic nitrogens is 1. The molecule has 0 spiro atoms. The van der Waals surface area contributed by atoms with Gasteiger partial charge in [0.15, 0.2) is 4.47 Å². The third kappa shape index (κ3) is 3.19. The van der Waals surface area contributed by atoms with Crippen LogP contribution in [0.4, 0.5) is 0 Å². The first kappa shape index (κ1) is 12.3. The Kier molecular flexibility index (Phi) is 4.62. The summed E-state index contributed by atoms with van der Waals surface area (Å²) in [4.78, 5) is 8.02. The van der Waals surface area contributed by atoms with E-state index in [4.69, 9.17) is 11.6 Å². The zero-order chi connectivity index (χ0) is 11.4.